The van der Waals surface area contributed by atoms with E-state index < -0.39 is 197 Å². The number of fused-ring (bicyclic) bond motifs is 11. The van der Waals surface area contributed by atoms with Gasteiger partial charge in [0.05, 0.1) is 66.3 Å². The largest absolute Gasteiger partial charge is 0.458 e. The van der Waals surface area contributed by atoms with E-state index >= 15 is 0 Å². The summed E-state index contributed by atoms with van der Waals surface area (Å²) in [5.41, 5.74) is 5.48. The Kier molecular flexibility index (Phi) is 8.12. The van der Waals surface area contributed by atoms with Crippen LogP contribution >= 0.6 is 0 Å². The normalized spacial score (nSPS) is 18.0. The quantitative estimate of drug-likeness (QED) is 0.0592. The highest BCUT2D eigenvalue weighted by Crippen LogP contribution is 2.53. The van der Waals surface area contributed by atoms with Crippen molar-refractivity contribution in [3.8, 4) is 84.3 Å². The van der Waals surface area contributed by atoms with Crippen LogP contribution < -0.4 is 30.1 Å². The predicted octanol–water partition coefficient (Wildman–Crippen LogP) is 18.7. The van der Waals surface area contributed by atoms with E-state index in [0.29, 0.717) is 56.2 Å². The Hall–Kier alpha value is -10.9. The van der Waals surface area contributed by atoms with Crippen LogP contribution in [0.2, 0.25) is 0 Å². The van der Waals surface area contributed by atoms with Crippen LogP contribution in [0.25, 0.3) is 106 Å². The first kappa shape index (κ1) is 34.5. The molecule has 3 aromatic heterocycles. The highest BCUT2D eigenvalue weighted by Gasteiger charge is 2.43. The number of hydrogen-bond donors (Lipinski definition) is 0. The van der Waals surface area contributed by atoms with Crippen molar-refractivity contribution in [3.05, 3.63) is 320 Å². The molecule has 0 fully saturated rings. The third-order valence-corrected chi connectivity index (χ3v) is 22.4. The first-order valence-corrected chi connectivity index (χ1v) is 32.3. The first-order chi connectivity index (χ1) is 56.7. The summed E-state index contributed by atoms with van der Waals surface area (Å²) in [5, 5.41) is -2.40. The summed E-state index contributed by atoms with van der Waals surface area (Å²) in [5.74, 6) is 0.897. The topological polar surface area (TPSA) is 35.9 Å². The predicted molar refractivity (Wildman–Crippen MR) is 387 cm³/mol. The Bertz CT molecular complexity index is 6810. The number of para-hydroxylation sites is 2. The number of imidazole rings is 1. The first-order valence-electron chi connectivity index (χ1n) is 43.8. The molecule has 0 N–H and O–H groups in total. The van der Waals surface area contributed by atoms with Crippen molar-refractivity contribution in [2.45, 2.75) is 58.2 Å². The van der Waals surface area contributed by atoms with Gasteiger partial charge in [-0.2, -0.15) is 0 Å². The molecule has 0 saturated carbocycles. The summed E-state index contributed by atoms with van der Waals surface area (Å²) in [4.78, 5) is 4.65. The zero-order chi connectivity index (χ0) is 86.0. The summed E-state index contributed by atoms with van der Waals surface area (Å²) >= 11 is 0. The van der Waals surface area contributed by atoms with Gasteiger partial charge in [-0.05, 0) is 184 Å². The number of benzene rings is 12. The van der Waals surface area contributed by atoms with Gasteiger partial charge in [0.2, 0.25) is 0 Å². The summed E-state index contributed by atoms with van der Waals surface area (Å²) in [6.07, 6.45) is 6.61. The van der Waals surface area contributed by atoms with E-state index in [1.807, 2.05) is 59.2 Å². The van der Waals surface area contributed by atoms with Gasteiger partial charge in [-0.25, -0.2) is 4.98 Å². The lowest BCUT2D eigenvalue weighted by atomic mass is 9.62. The maximum Gasteiger partial charge on any atom is 0.269 e. The fourth-order valence-corrected chi connectivity index (χ4v) is 17.5. The molecule has 0 radical (unpaired) electrons. The molecule has 0 atom stereocenters. The minimum absolute atomic E-state index is 0.0562. The van der Waals surface area contributed by atoms with Crippen LogP contribution in [0.3, 0.4) is 0 Å². The Morgan fingerprint density at radius 2 is 1.05 bits per heavy atom. The molecule has 1 aliphatic carbocycles. The second-order valence-corrected chi connectivity index (χ2v) is 28.2. The van der Waals surface area contributed by atoms with Gasteiger partial charge in [-0.3, -0.25) is 13.7 Å². The van der Waals surface area contributed by atoms with Crippen LogP contribution in [0, 0.1) is 13.2 Å². The summed E-state index contributed by atoms with van der Waals surface area (Å²) in [7, 11) is -6.43. The summed E-state index contributed by atoms with van der Waals surface area (Å²) in [6, 6.07) is 19.0. The van der Waals surface area contributed by atoms with E-state index in [1.54, 1.807) is 69.8 Å². The second kappa shape index (κ2) is 21.9. The van der Waals surface area contributed by atoms with Gasteiger partial charge in [0, 0.05) is 27.1 Å². The molecular weight excluding hydrogens is 1150 g/mol. The molecule has 0 amide bonds. The Morgan fingerprint density at radius 3 is 1.75 bits per heavy atom. The lowest BCUT2D eigenvalue weighted by molar-refractivity contribution is -0.570. The van der Waals surface area contributed by atoms with Crippen molar-refractivity contribution >= 4 is 61.7 Å². The second-order valence-electron chi connectivity index (χ2n) is 24.7. The Balaban J connectivity index is 1.04. The van der Waals surface area contributed by atoms with Gasteiger partial charge in [0.25, 0.3) is 6.33 Å². The third kappa shape index (κ3) is 9.17. The van der Waals surface area contributed by atoms with Gasteiger partial charge >= 0.3 is 0 Å². The Labute approximate surface area is 582 Å². The molecule has 2 aliphatic rings. The molecule has 0 unspecified atom stereocenters. The van der Waals surface area contributed by atoms with E-state index in [2.05, 4.69) is 51.1 Å². The zero-order valence-corrected chi connectivity index (χ0v) is 51.5. The number of ether oxygens (including phenoxy) is 1. The average Bonchev–Trinajstić information content (AvgIpc) is 0.831. The molecule has 17 rings (SSSR count). The van der Waals surface area contributed by atoms with Crippen molar-refractivity contribution in [2.24, 2.45) is 0 Å². The van der Waals surface area contributed by atoms with Gasteiger partial charge in [-0.1, -0.05) is 252 Å². The molecule has 1 aliphatic heterocycles. The van der Waals surface area contributed by atoms with Crippen molar-refractivity contribution in [3.63, 3.8) is 0 Å². The van der Waals surface area contributed by atoms with Gasteiger partial charge in [0.15, 0.2) is 8.07 Å². The van der Waals surface area contributed by atoms with Crippen LogP contribution in [0.5, 0.6) is 11.5 Å². The minimum Gasteiger partial charge on any atom is -0.458 e. The molecule has 446 valence electrons. The number of aryl methyl sites for hydroxylation is 1. The van der Waals surface area contributed by atoms with Crippen LogP contribution in [0.1, 0.15) is 94.2 Å². The maximum absolute atomic E-state index is 11.3. The molecule has 5 nitrogen and oxygen atoms in total. The van der Waals surface area contributed by atoms with Crippen LogP contribution in [0.15, 0.2) is 297 Å². The van der Waals surface area contributed by atoms with Crippen molar-refractivity contribution in [1.82, 2.24) is 14.1 Å². The van der Waals surface area contributed by atoms with Gasteiger partial charge < -0.3 is 4.74 Å². The minimum atomic E-state index is -6.43. The average molecular weight is 1240 g/mol. The number of nitrogens with zero attached hydrogens (tertiary/aromatic N) is 4. The molecule has 0 bridgehead atoms. The lowest BCUT2D eigenvalue weighted by Crippen LogP contribution is -2.74. The van der Waals surface area contributed by atoms with E-state index in [1.165, 1.54) is 24.4 Å². The lowest BCUT2D eigenvalue weighted by Gasteiger charge is -2.42. The Morgan fingerprint density at radius 1 is 0.473 bits per heavy atom. The number of pyridine rings is 1. The SMILES string of the molecule is [2H]c1c([2H])c([2H])c(-c2cc3c4c(c2)n(-c2cccc(Oc5ccc6c7ccccc7n(-c7cc(C([2H])([2H])[2H])ccn7)c6c5)c2)[c-][n+]4-c2c(cccc2-c2c([2H])c([2H])c([2H])c([Si](c4c([2H])c([2H])c([2H])c([2H])c4[2H])(c4c([2H])c([2H])c([2H])c([2H])c4[2H])c4c([2H])c([2H])c([2H])c([2H])c4[2H])c2[2H])-c2cc4c(cc2-c2ccccc2-3)C(C)(C)CCC4(C)C)c([2H])c1[2H]. The molecule has 12 aromatic carbocycles. The number of rotatable bonds is 10. The molecule has 15 aromatic rings. The molecule has 4 heterocycles. The summed E-state index contributed by atoms with van der Waals surface area (Å²) in [6.45, 7) is 6.15. The van der Waals surface area contributed by atoms with Crippen molar-refractivity contribution < 1.29 is 46.3 Å². The summed E-state index contributed by atoms with van der Waals surface area (Å²) < 4.78 is 268. The van der Waals surface area contributed by atoms with Gasteiger partial charge in [-0.15, -0.1) is 0 Å². The molecular formula is C87H68N4OSi. The van der Waals surface area contributed by atoms with E-state index in [0.717, 1.165) is 40.3 Å². The number of aromatic nitrogens is 4. The van der Waals surface area contributed by atoms with Crippen LogP contribution in [-0.2, 0) is 10.8 Å². The molecule has 0 spiro atoms. The van der Waals surface area contributed by atoms with E-state index in [-0.39, 0.29) is 44.7 Å². The molecule has 6 heteroatoms. The van der Waals surface area contributed by atoms with Crippen LogP contribution in [0.4, 0.5) is 0 Å². The van der Waals surface area contributed by atoms with E-state index in [9.17, 15) is 24.7 Å². The molecule has 0 saturated heterocycles. The van der Waals surface area contributed by atoms with Crippen LogP contribution in [-0.4, -0.2) is 22.2 Å². The standard InChI is InChI=1S/C87H68N4OSi/c1-58-45-48-88-83(49-58)91-80-42-21-20-39-72(80)73-44-43-64(54-81(73)91)92-63-29-23-28-62(53-63)89-57-90-84-69(60-27-22-36-68(50-60)93(65-30-12-7-13-31-65,66-32-14-8-15-33-66)67-34-16-9-17-35-67)40-24-41-74(84)76-56-79-78(86(2,3)46-47-87(79,4)5)55-75(76)70-37-18-19-38-71(70)77-51-61(52-82(89)85(77)90)59-25-10-6-11-26-59/h6-45,48-56H,46-47H2,1-5H3/i1D3,6D,7D,8D,9D,10D,11D,12D,13D,14D,15D,16D,17D,22D,25D,26D,27D,30D,31D,32D,33D,34D,35D,36D,50D. The highest BCUT2D eigenvalue weighted by atomic mass is 28.3. The fourth-order valence-electron chi connectivity index (χ4n) is 13.9. The van der Waals surface area contributed by atoms with E-state index in [4.69, 9.17) is 17.1 Å². The molecule has 93 heavy (non-hydrogen) atoms. The fraction of sp³-hybridized carbons (Fsp3) is 0.103. The third-order valence-electron chi connectivity index (χ3n) is 18.4. The smallest absolute Gasteiger partial charge is 0.269 e. The van der Waals surface area contributed by atoms with Crippen molar-refractivity contribution in [2.75, 3.05) is 0 Å². The number of hydrogen-bond acceptors (Lipinski definition) is 2. The maximum atomic E-state index is 11.3. The van der Waals surface area contributed by atoms with Crippen molar-refractivity contribution in [1.29, 1.82) is 0 Å². The monoisotopic (exact) mass is 1240 g/mol. The van der Waals surface area contributed by atoms with Gasteiger partial charge in [0.1, 0.15) is 17.3 Å². The zero-order valence-electron chi connectivity index (χ0n) is 77.5. The highest BCUT2D eigenvalue weighted by molar-refractivity contribution is 7.20.